The van der Waals surface area contributed by atoms with Crippen LogP contribution >= 0.6 is 23.4 Å². The largest absolute Gasteiger partial charge is 0.411 e. The maximum atomic E-state index is 13.7. The molecule has 0 saturated heterocycles. The molecule has 3 rings (SSSR count). The van der Waals surface area contributed by atoms with Crippen LogP contribution in [0.4, 0.5) is 14.5 Å². The third kappa shape index (κ3) is 4.39. The minimum Gasteiger partial charge on any atom is -0.411 e. The lowest BCUT2D eigenvalue weighted by Gasteiger charge is -2.10. The topological polar surface area (TPSA) is 68.0 Å². The molecule has 0 bridgehead atoms. The Balaban J connectivity index is 1.65. The summed E-state index contributed by atoms with van der Waals surface area (Å²) in [7, 11) is 0. The Morgan fingerprint density at radius 3 is 2.62 bits per heavy atom. The number of carbonyl (C=O) groups excluding carboxylic acids is 1. The number of thioether (sulfide) groups is 1. The first-order chi connectivity index (χ1) is 12.4. The quantitative estimate of drug-likeness (QED) is 0.629. The SMILES string of the molecule is C[C@H](Sc1nnc(-c2ccc(F)cc2)o1)C(=O)Nc1ccc(Cl)cc1F. The monoisotopic (exact) mass is 395 g/mol. The van der Waals surface area contributed by atoms with Crippen molar-refractivity contribution in [1.82, 2.24) is 10.2 Å². The zero-order valence-corrected chi connectivity index (χ0v) is 14.9. The summed E-state index contributed by atoms with van der Waals surface area (Å²) >= 11 is 6.70. The second kappa shape index (κ2) is 7.84. The number of hydrogen-bond acceptors (Lipinski definition) is 5. The summed E-state index contributed by atoms with van der Waals surface area (Å²) in [5.74, 6) is -1.22. The molecule has 26 heavy (non-hydrogen) atoms. The normalized spacial score (nSPS) is 12.0. The number of rotatable bonds is 5. The average Bonchev–Trinajstić information content (AvgIpc) is 3.06. The molecule has 1 heterocycles. The summed E-state index contributed by atoms with van der Waals surface area (Å²) in [5.41, 5.74) is 0.593. The molecule has 134 valence electrons. The molecule has 3 aromatic rings. The van der Waals surface area contributed by atoms with Gasteiger partial charge in [-0.2, -0.15) is 0 Å². The summed E-state index contributed by atoms with van der Waals surface area (Å²) in [6, 6.07) is 9.55. The van der Waals surface area contributed by atoms with Crippen molar-refractivity contribution < 1.29 is 18.0 Å². The lowest BCUT2D eigenvalue weighted by atomic mass is 10.2. The summed E-state index contributed by atoms with van der Waals surface area (Å²) in [5, 5.41) is 9.99. The molecule has 9 heteroatoms. The van der Waals surface area contributed by atoms with Gasteiger partial charge in [-0.15, -0.1) is 10.2 Å². The van der Waals surface area contributed by atoms with Crippen LogP contribution < -0.4 is 5.32 Å². The van der Waals surface area contributed by atoms with E-state index in [4.69, 9.17) is 16.0 Å². The van der Waals surface area contributed by atoms with Gasteiger partial charge in [-0.3, -0.25) is 4.79 Å². The second-order valence-electron chi connectivity index (χ2n) is 5.25. The van der Waals surface area contributed by atoms with Crippen molar-refractivity contribution in [3.05, 3.63) is 59.1 Å². The number of halogens is 3. The highest BCUT2D eigenvalue weighted by molar-refractivity contribution is 8.00. The first-order valence-corrected chi connectivity index (χ1v) is 8.70. The number of amides is 1. The molecule has 0 radical (unpaired) electrons. The Hall–Kier alpha value is -2.45. The van der Waals surface area contributed by atoms with Crippen molar-refractivity contribution in [3.8, 4) is 11.5 Å². The van der Waals surface area contributed by atoms with Crippen LogP contribution in [-0.4, -0.2) is 21.4 Å². The van der Waals surface area contributed by atoms with Gasteiger partial charge in [-0.25, -0.2) is 8.78 Å². The van der Waals surface area contributed by atoms with Gasteiger partial charge < -0.3 is 9.73 Å². The van der Waals surface area contributed by atoms with Gasteiger partial charge in [0.2, 0.25) is 11.8 Å². The van der Waals surface area contributed by atoms with Crippen LogP contribution in [0.3, 0.4) is 0 Å². The molecule has 0 aliphatic rings. The maximum Gasteiger partial charge on any atom is 0.277 e. The molecular formula is C17H12ClF2N3O2S. The van der Waals surface area contributed by atoms with Gasteiger partial charge in [-0.05, 0) is 49.4 Å². The highest BCUT2D eigenvalue weighted by atomic mass is 35.5. The lowest BCUT2D eigenvalue weighted by Crippen LogP contribution is -2.23. The van der Waals surface area contributed by atoms with Gasteiger partial charge in [-0.1, -0.05) is 23.4 Å². The van der Waals surface area contributed by atoms with E-state index in [1.54, 1.807) is 6.92 Å². The van der Waals surface area contributed by atoms with Gasteiger partial charge in [0.15, 0.2) is 0 Å². The van der Waals surface area contributed by atoms with Gasteiger partial charge in [0.1, 0.15) is 11.6 Å². The Labute approximate surface area is 156 Å². The van der Waals surface area contributed by atoms with Gasteiger partial charge in [0.25, 0.3) is 5.22 Å². The molecule has 1 N–H and O–H groups in total. The van der Waals surface area contributed by atoms with Crippen LogP contribution in [0.2, 0.25) is 5.02 Å². The maximum absolute atomic E-state index is 13.7. The highest BCUT2D eigenvalue weighted by Gasteiger charge is 2.20. The summed E-state index contributed by atoms with van der Waals surface area (Å²) in [4.78, 5) is 12.2. The molecule has 0 aliphatic heterocycles. The van der Waals surface area contributed by atoms with Crippen molar-refractivity contribution in [2.45, 2.75) is 17.4 Å². The predicted octanol–water partition coefficient (Wildman–Crippen LogP) is 4.79. The van der Waals surface area contributed by atoms with Crippen molar-refractivity contribution in [1.29, 1.82) is 0 Å². The first-order valence-electron chi connectivity index (χ1n) is 7.44. The number of nitrogens with zero attached hydrogens (tertiary/aromatic N) is 2. The van der Waals surface area contributed by atoms with Crippen LogP contribution in [0, 0.1) is 11.6 Å². The minimum atomic E-state index is -0.626. The summed E-state index contributed by atoms with van der Waals surface area (Å²) in [6.07, 6.45) is 0. The predicted molar refractivity (Wildman–Crippen MR) is 95.1 cm³/mol. The average molecular weight is 396 g/mol. The Bertz CT molecular complexity index is 934. The van der Waals surface area contributed by atoms with Crippen LogP contribution in [0.1, 0.15) is 6.92 Å². The van der Waals surface area contributed by atoms with E-state index < -0.39 is 17.0 Å². The molecule has 0 saturated carbocycles. The van der Waals surface area contributed by atoms with E-state index in [0.29, 0.717) is 5.56 Å². The second-order valence-corrected chi connectivity index (χ2v) is 6.98. The zero-order valence-electron chi connectivity index (χ0n) is 13.4. The molecule has 0 spiro atoms. The van der Waals surface area contributed by atoms with Crippen LogP contribution in [0.5, 0.6) is 0 Å². The van der Waals surface area contributed by atoms with E-state index in [1.165, 1.54) is 36.4 Å². The van der Waals surface area contributed by atoms with Crippen LogP contribution in [0.25, 0.3) is 11.5 Å². The van der Waals surface area contributed by atoms with Crippen LogP contribution in [0.15, 0.2) is 52.1 Å². The molecule has 2 aromatic carbocycles. The summed E-state index contributed by atoms with van der Waals surface area (Å²) in [6.45, 7) is 1.62. The molecule has 0 unspecified atom stereocenters. The Morgan fingerprint density at radius 2 is 1.92 bits per heavy atom. The van der Waals surface area contributed by atoms with Crippen LogP contribution in [-0.2, 0) is 4.79 Å². The van der Waals surface area contributed by atoms with Crippen molar-refractivity contribution in [3.63, 3.8) is 0 Å². The molecule has 5 nitrogen and oxygen atoms in total. The number of benzene rings is 2. The molecule has 0 fully saturated rings. The first kappa shape index (κ1) is 18.3. The van der Waals surface area contributed by atoms with E-state index in [-0.39, 0.29) is 27.6 Å². The Kier molecular flexibility index (Phi) is 5.53. The van der Waals surface area contributed by atoms with E-state index in [2.05, 4.69) is 15.5 Å². The molecular weight excluding hydrogens is 384 g/mol. The molecule has 1 amide bonds. The molecule has 0 aliphatic carbocycles. The third-order valence-electron chi connectivity index (χ3n) is 3.33. The fraction of sp³-hybridized carbons (Fsp3) is 0.118. The summed E-state index contributed by atoms with van der Waals surface area (Å²) < 4.78 is 32.2. The fourth-order valence-corrected chi connectivity index (χ4v) is 2.84. The van der Waals surface area contributed by atoms with E-state index in [9.17, 15) is 13.6 Å². The number of aromatic nitrogens is 2. The van der Waals surface area contributed by atoms with E-state index >= 15 is 0 Å². The van der Waals surface area contributed by atoms with Crippen molar-refractivity contribution >= 4 is 35.0 Å². The smallest absolute Gasteiger partial charge is 0.277 e. The Morgan fingerprint density at radius 1 is 1.19 bits per heavy atom. The third-order valence-corrected chi connectivity index (χ3v) is 4.50. The van der Waals surface area contributed by atoms with Gasteiger partial charge in [0.05, 0.1) is 10.9 Å². The lowest BCUT2D eigenvalue weighted by molar-refractivity contribution is -0.115. The van der Waals surface area contributed by atoms with E-state index in [1.807, 2.05) is 0 Å². The number of anilines is 1. The van der Waals surface area contributed by atoms with Gasteiger partial charge in [0, 0.05) is 10.6 Å². The fourth-order valence-electron chi connectivity index (χ4n) is 2.00. The van der Waals surface area contributed by atoms with Gasteiger partial charge >= 0.3 is 0 Å². The number of hydrogen-bond donors (Lipinski definition) is 1. The van der Waals surface area contributed by atoms with Crippen molar-refractivity contribution in [2.75, 3.05) is 5.32 Å². The molecule has 1 atom stereocenters. The standard InChI is InChI=1S/C17H12ClF2N3O2S/c1-9(15(24)21-14-7-4-11(18)8-13(14)20)26-17-23-22-16(25-17)10-2-5-12(19)6-3-10/h2-9H,1H3,(H,21,24)/t9-/m0/s1. The minimum absolute atomic E-state index is 0.0318. The number of nitrogens with one attached hydrogen (secondary N) is 1. The van der Waals surface area contributed by atoms with Crippen molar-refractivity contribution in [2.24, 2.45) is 0 Å². The zero-order chi connectivity index (χ0) is 18.7. The molecule has 1 aromatic heterocycles. The van der Waals surface area contributed by atoms with E-state index in [0.717, 1.165) is 17.8 Å². The highest BCUT2D eigenvalue weighted by Crippen LogP contribution is 2.27. The number of carbonyl (C=O) groups is 1.